The van der Waals surface area contributed by atoms with Gasteiger partial charge in [-0.3, -0.25) is 4.99 Å². The predicted octanol–water partition coefficient (Wildman–Crippen LogP) is 6.32. The number of oxazole rings is 1. The molecule has 0 radical (unpaired) electrons. The molecule has 0 amide bonds. The van der Waals surface area contributed by atoms with E-state index in [4.69, 9.17) is 4.42 Å². The molecule has 122 valence electrons. The number of halogens is 1. The van der Waals surface area contributed by atoms with Crippen LogP contribution in [0.1, 0.15) is 11.1 Å². The minimum Gasteiger partial charge on any atom is -0.436 e. The van der Waals surface area contributed by atoms with Crippen molar-refractivity contribution in [2.45, 2.75) is 6.92 Å². The summed E-state index contributed by atoms with van der Waals surface area (Å²) in [7, 11) is 0. The van der Waals surface area contributed by atoms with Crippen molar-refractivity contribution >= 4 is 38.9 Å². The normalized spacial score (nSPS) is 11.4. The van der Waals surface area contributed by atoms with Gasteiger partial charge in [-0.15, -0.1) is 0 Å². The number of aryl methyl sites for hydroxylation is 1. The lowest BCUT2D eigenvalue weighted by Crippen LogP contribution is -1.79. The quantitative estimate of drug-likeness (QED) is 0.384. The van der Waals surface area contributed by atoms with Crippen LogP contribution in [0.4, 0.5) is 5.69 Å². The third kappa shape index (κ3) is 3.54. The molecule has 0 aliphatic heterocycles. The fraction of sp³-hybridized carbons (Fsp3) is 0.0476. The highest BCUT2D eigenvalue weighted by molar-refractivity contribution is 9.10. The van der Waals surface area contributed by atoms with Crippen molar-refractivity contribution in [3.8, 4) is 11.5 Å². The van der Waals surface area contributed by atoms with E-state index < -0.39 is 0 Å². The maximum absolute atomic E-state index is 5.93. The van der Waals surface area contributed by atoms with Crippen molar-refractivity contribution in [2.24, 2.45) is 4.99 Å². The van der Waals surface area contributed by atoms with E-state index in [1.54, 1.807) is 0 Å². The molecule has 0 bridgehead atoms. The number of nitrogens with zero attached hydrogens (tertiary/aromatic N) is 2. The van der Waals surface area contributed by atoms with Gasteiger partial charge in [0, 0.05) is 22.3 Å². The van der Waals surface area contributed by atoms with Crippen molar-refractivity contribution in [3.05, 3.63) is 82.3 Å². The topological polar surface area (TPSA) is 38.4 Å². The monoisotopic (exact) mass is 390 g/mol. The highest BCUT2D eigenvalue weighted by Gasteiger charge is 2.08. The minimum atomic E-state index is 0.632. The number of aromatic nitrogens is 1. The van der Waals surface area contributed by atoms with Crippen molar-refractivity contribution in [1.82, 2.24) is 4.98 Å². The fourth-order valence-electron chi connectivity index (χ4n) is 2.59. The number of hydrogen-bond acceptors (Lipinski definition) is 3. The van der Waals surface area contributed by atoms with Gasteiger partial charge in [-0.2, -0.15) is 0 Å². The highest BCUT2D eigenvalue weighted by Crippen LogP contribution is 2.27. The number of aliphatic imine (C=N–C) groups is 1. The summed E-state index contributed by atoms with van der Waals surface area (Å²) in [5, 5.41) is 0. The maximum Gasteiger partial charge on any atom is 0.227 e. The summed E-state index contributed by atoms with van der Waals surface area (Å²) in [6, 6.07) is 21.9. The van der Waals surface area contributed by atoms with Crippen LogP contribution < -0.4 is 0 Å². The lowest BCUT2D eigenvalue weighted by molar-refractivity contribution is 0.620. The Kier molecular flexibility index (Phi) is 4.20. The van der Waals surface area contributed by atoms with Gasteiger partial charge in [-0.05, 0) is 48.9 Å². The Morgan fingerprint density at radius 1 is 1.00 bits per heavy atom. The summed E-state index contributed by atoms with van der Waals surface area (Å²) >= 11 is 3.43. The van der Waals surface area contributed by atoms with Crippen LogP contribution in [0.25, 0.3) is 22.6 Å². The number of benzene rings is 3. The van der Waals surface area contributed by atoms with Gasteiger partial charge in [-0.1, -0.05) is 45.8 Å². The van der Waals surface area contributed by atoms with E-state index in [0.717, 1.165) is 32.4 Å². The van der Waals surface area contributed by atoms with Gasteiger partial charge < -0.3 is 4.42 Å². The van der Waals surface area contributed by atoms with Crippen molar-refractivity contribution < 1.29 is 4.42 Å². The second-order valence-corrected chi connectivity index (χ2v) is 6.77. The fourth-order valence-corrected chi connectivity index (χ4v) is 2.86. The molecule has 0 saturated carbocycles. The first-order valence-corrected chi connectivity index (χ1v) is 8.74. The summed E-state index contributed by atoms with van der Waals surface area (Å²) in [4.78, 5) is 9.09. The molecule has 0 N–H and O–H groups in total. The molecule has 0 spiro atoms. The van der Waals surface area contributed by atoms with E-state index in [-0.39, 0.29) is 0 Å². The minimum absolute atomic E-state index is 0.632. The molecule has 4 aromatic rings. The Hall–Kier alpha value is -2.72. The molecule has 1 aromatic heterocycles. The summed E-state index contributed by atoms with van der Waals surface area (Å²) in [5.74, 6) is 0.632. The molecule has 0 aliphatic carbocycles. The Morgan fingerprint density at radius 3 is 2.64 bits per heavy atom. The number of rotatable bonds is 3. The Balaban J connectivity index is 1.65. The molecule has 4 rings (SSSR count). The van der Waals surface area contributed by atoms with Crippen molar-refractivity contribution in [3.63, 3.8) is 0 Å². The van der Waals surface area contributed by atoms with E-state index >= 15 is 0 Å². The zero-order chi connectivity index (χ0) is 17.2. The lowest BCUT2D eigenvalue weighted by atomic mass is 10.1. The summed E-state index contributed by atoms with van der Waals surface area (Å²) in [6.45, 7) is 2.06. The first kappa shape index (κ1) is 15.8. The Labute approximate surface area is 154 Å². The first-order valence-electron chi connectivity index (χ1n) is 7.95. The van der Waals surface area contributed by atoms with Crippen molar-refractivity contribution in [1.29, 1.82) is 0 Å². The van der Waals surface area contributed by atoms with Gasteiger partial charge in [0.2, 0.25) is 5.89 Å². The lowest BCUT2D eigenvalue weighted by Gasteiger charge is -1.96. The average Bonchev–Trinajstić information content (AvgIpc) is 3.05. The van der Waals surface area contributed by atoms with Crippen LogP contribution >= 0.6 is 15.9 Å². The van der Waals surface area contributed by atoms with Crippen LogP contribution in [0.5, 0.6) is 0 Å². The molecular formula is C21H15BrN2O. The van der Waals surface area contributed by atoms with Crippen LogP contribution in [0.2, 0.25) is 0 Å². The van der Waals surface area contributed by atoms with Gasteiger partial charge in [0.25, 0.3) is 0 Å². The predicted molar refractivity (Wildman–Crippen MR) is 106 cm³/mol. The molecule has 3 aromatic carbocycles. The smallest absolute Gasteiger partial charge is 0.227 e. The SMILES string of the molecule is Cc1cccc(-c2nc3ccc(N=Cc4ccc(Br)cc4)cc3o2)c1. The standard InChI is InChI=1S/C21H15BrN2O/c1-14-3-2-4-16(11-14)21-24-19-10-9-18(12-20(19)25-21)23-13-15-5-7-17(22)8-6-15/h2-13H,1H3. The number of hydrogen-bond donors (Lipinski definition) is 0. The molecule has 0 unspecified atom stereocenters. The summed E-state index contributed by atoms with van der Waals surface area (Å²) in [5.41, 5.74) is 5.61. The largest absolute Gasteiger partial charge is 0.436 e. The maximum atomic E-state index is 5.93. The molecular weight excluding hydrogens is 376 g/mol. The van der Waals surface area contributed by atoms with Crippen LogP contribution in [0, 0.1) is 6.92 Å². The molecule has 0 saturated heterocycles. The van der Waals surface area contributed by atoms with E-state index in [9.17, 15) is 0 Å². The Morgan fingerprint density at radius 2 is 1.84 bits per heavy atom. The Bertz CT molecular complexity index is 1060. The van der Waals surface area contributed by atoms with E-state index in [0.29, 0.717) is 5.89 Å². The second-order valence-electron chi connectivity index (χ2n) is 5.85. The van der Waals surface area contributed by atoms with Crippen LogP contribution in [0.3, 0.4) is 0 Å². The third-order valence-electron chi connectivity index (χ3n) is 3.87. The van der Waals surface area contributed by atoms with Gasteiger partial charge in [0.1, 0.15) is 5.52 Å². The van der Waals surface area contributed by atoms with Crippen LogP contribution in [-0.2, 0) is 0 Å². The molecule has 1 heterocycles. The van der Waals surface area contributed by atoms with Crippen molar-refractivity contribution in [2.75, 3.05) is 0 Å². The van der Waals surface area contributed by atoms with Crippen LogP contribution in [0.15, 0.2) is 80.6 Å². The summed E-state index contributed by atoms with van der Waals surface area (Å²) in [6.07, 6.45) is 1.84. The molecule has 0 fully saturated rings. The van der Waals surface area contributed by atoms with Gasteiger partial charge in [0.05, 0.1) is 5.69 Å². The van der Waals surface area contributed by atoms with E-state index in [1.807, 2.05) is 60.8 Å². The zero-order valence-corrected chi connectivity index (χ0v) is 15.2. The van der Waals surface area contributed by atoms with Crippen LogP contribution in [-0.4, -0.2) is 11.2 Å². The summed E-state index contributed by atoms with van der Waals surface area (Å²) < 4.78 is 6.98. The molecule has 3 nitrogen and oxygen atoms in total. The molecule has 25 heavy (non-hydrogen) atoms. The molecule has 0 atom stereocenters. The average molecular weight is 391 g/mol. The third-order valence-corrected chi connectivity index (χ3v) is 4.40. The highest BCUT2D eigenvalue weighted by atomic mass is 79.9. The van der Waals surface area contributed by atoms with Gasteiger partial charge >= 0.3 is 0 Å². The molecule has 0 aliphatic rings. The van der Waals surface area contributed by atoms with Gasteiger partial charge in [-0.25, -0.2) is 4.98 Å². The first-order chi connectivity index (χ1) is 12.2. The van der Waals surface area contributed by atoms with Gasteiger partial charge in [0.15, 0.2) is 5.58 Å². The zero-order valence-electron chi connectivity index (χ0n) is 13.6. The second kappa shape index (κ2) is 6.65. The van der Waals surface area contributed by atoms with E-state index in [1.165, 1.54) is 5.56 Å². The number of fused-ring (bicyclic) bond motifs is 1. The molecule has 4 heteroatoms. The van der Waals surface area contributed by atoms with E-state index in [2.05, 4.69) is 45.0 Å².